The van der Waals surface area contributed by atoms with Gasteiger partial charge in [-0.05, 0) is 26.0 Å². The first kappa shape index (κ1) is 13.8. The second-order valence-electron chi connectivity index (χ2n) is 3.78. The number of hydrogen-bond acceptors (Lipinski definition) is 3. The van der Waals surface area contributed by atoms with Crippen molar-refractivity contribution in [2.24, 2.45) is 0 Å². The van der Waals surface area contributed by atoms with Crippen LogP contribution in [0, 0.1) is 0 Å². The van der Waals surface area contributed by atoms with Crippen LogP contribution in [0.5, 0.6) is 5.75 Å². The molecular weight excluding hydrogens is 242 g/mol. The molecule has 2 N–H and O–H groups in total. The maximum atomic E-state index is 11.6. The molecule has 94 valence electrons. The van der Waals surface area contributed by atoms with Crippen LogP contribution in [0.4, 0.5) is 0 Å². The third-order valence-corrected chi connectivity index (χ3v) is 2.39. The summed E-state index contributed by atoms with van der Waals surface area (Å²) in [4.78, 5) is 11.6. The SMILES string of the molecule is CC(Oc1ccccc1Cl)C(=O)NC[C@H](C)O. The Morgan fingerprint density at radius 1 is 1.47 bits per heavy atom. The van der Waals surface area contributed by atoms with Crippen LogP contribution in [0.15, 0.2) is 24.3 Å². The third-order valence-electron chi connectivity index (χ3n) is 2.08. The Morgan fingerprint density at radius 2 is 2.12 bits per heavy atom. The van der Waals surface area contributed by atoms with Crippen LogP contribution in [0.25, 0.3) is 0 Å². The summed E-state index contributed by atoms with van der Waals surface area (Å²) in [7, 11) is 0. The summed E-state index contributed by atoms with van der Waals surface area (Å²) in [5.41, 5.74) is 0. The fourth-order valence-corrected chi connectivity index (χ4v) is 1.36. The second-order valence-corrected chi connectivity index (χ2v) is 4.19. The summed E-state index contributed by atoms with van der Waals surface area (Å²) >= 11 is 5.90. The summed E-state index contributed by atoms with van der Waals surface area (Å²) in [5, 5.41) is 12.1. The largest absolute Gasteiger partial charge is 0.479 e. The zero-order valence-corrected chi connectivity index (χ0v) is 10.6. The number of aliphatic hydroxyl groups is 1. The summed E-state index contributed by atoms with van der Waals surface area (Å²) in [6, 6.07) is 6.95. The van der Waals surface area contributed by atoms with E-state index >= 15 is 0 Å². The highest BCUT2D eigenvalue weighted by Crippen LogP contribution is 2.24. The van der Waals surface area contributed by atoms with Crippen LogP contribution in [0.3, 0.4) is 0 Å². The predicted octanol–water partition coefficient (Wildman–Crippen LogP) is 1.60. The van der Waals surface area contributed by atoms with Crippen LogP contribution in [-0.4, -0.2) is 29.8 Å². The van der Waals surface area contributed by atoms with Gasteiger partial charge in [0.15, 0.2) is 6.10 Å². The van der Waals surface area contributed by atoms with E-state index in [-0.39, 0.29) is 12.5 Å². The molecule has 1 unspecified atom stereocenters. The van der Waals surface area contributed by atoms with E-state index in [1.807, 2.05) is 0 Å². The average Bonchev–Trinajstić information content (AvgIpc) is 2.28. The smallest absolute Gasteiger partial charge is 0.260 e. The van der Waals surface area contributed by atoms with Crippen molar-refractivity contribution in [2.75, 3.05) is 6.54 Å². The molecule has 0 aliphatic heterocycles. The molecule has 1 aromatic rings. The van der Waals surface area contributed by atoms with Crippen LogP contribution < -0.4 is 10.1 Å². The van der Waals surface area contributed by atoms with E-state index in [0.29, 0.717) is 10.8 Å². The van der Waals surface area contributed by atoms with E-state index in [4.69, 9.17) is 21.4 Å². The first-order valence-corrected chi connectivity index (χ1v) is 5.75. The predicted molar refractivity (Wildman–Crippen MR) is 66.2 cm³/mol. The Hall–Kier alpha value is -1.26. The highest BCUT2D eigenvalue weighted by molar-refractivity contribution is 6.32. The summed E-state index contributed by atoms with van der Waals surface area (Å²) in [6.45, 7) is 3.43. The van der Waals surface area contributed by atoms with E-state index in [2.05, 4.69) is 5.32 Å². The van der Waals surface area contributed by atoms with Crippen molar-refractivity contribution in [3.8, 4) is 5.75 Å². The van der Waals surface area contributed by atoms with Crippen LogP contribution >= 0.6 is 11.6 Å². The fraction of sp³-hybridized carbons (Fsp3) is 0.417. The number of ether oxygens (including phenoxy) is 1. The Kier molecular flexibility index (Phi) is 5.25. The van der Waals surface area contributed by atoms with Crippen LogP contribution in [0.2, 0.25) is 5.02 Å². The summed E-state index contributed by atoms with van der Waals surface area (Å²) < 4.78 is 5.41. The number of carbonyl (C=O) groups is 1. The number of nitrogens with one attached hydrogen (secondary N) is 1. The highest BCUT2D eigenvalue weighted by Gasteiger charge is 2.15. The van der Waals surface area contributed by atoms with E-state index in [9.17, 15) is 4.79 Å². The standard InChI is InChI=1S/C12H16ClNO3/c1-8(15)7-14-12(16)9(2)17-11-6-4-3-5-10(11)13/h3-6,8-9,15H,7H2,1-2H3,(H,14,16)/t8-,9?/m0/s1. The molecule has 0 saturated carbocycles. The lowest BCUT2D eigenvalue weighted by molar-refractivity contribution is -0.127. The Labute approximate surface area is 106 Å². The maximum absolute atomic E-state index is 11.6. The van der Waals surface area contributed by atoms with Crippen molar-refractivity contribution in [1.29, 1.82) is 0 Å². The maximum Gasteiger partial charge on any atom is 0.260 e. The van der Waals surface area contributed by atoms with Gasteiger partial charge in [-0.15, -0.1) is 0 Å². The molecule has 0 heterocycles. The van der Waals surface area contributed by atoms with Gasteiger partial charge in [0.2, 0.25) is 0 Å². The fourth-order valence-electron chi connectivity index (χ4n) is 1.18. The number of hydrogen-bond donors (Lipinski definition) is 2. The molecule has 1 amide bonds. The van der Waals surface area contributed by atoms with Crippen molar-refractivity contribution >= 4 is 17.5 Å². The average molecular weight is 258 g/mol. The van der Waals surface area contributed by atoms with E-state index < -0.39 is 12.2 Å². The molecule has 0 aromatic heterocycles. The third kappa shape index (κ3) is 4.63. The molecule has 0 fully saturated rings. The zero-order valence-electron chi connectivity index (χ0n) is 9.81. The molecule has 4 nitrogen and oxygen atoms in total. The van der Waals surface area contributed by atoms with E-state index in [1.54, 1.807) is 38.1 Å². The van der Waals surface area contributed by atoms with Crippen molar-refractivity contribution in [1.82, 2.24) is 5.32 Å². The molecule has 0 aliphatic carbocycles. The van der Waals surface area contributed by atoms with E-state index in [0.717, 1.165) is 0 Å². The van der Waals surface area contributed by atoms with Gasteiger partial charge in [-0.25, -0.2) is 0 Å². The molecule has 0 radical (unpaired) electrons. The van der Waals surface area contributed by atoms with Gasteiger partial charge in [0.05, 0.1) is 11.1 Å². The first-order chi connectivity index (χ1) is 8.00. The first-order valence-electron chi connectivity index (χ1n) is 5.37. The molecule has 2 atom stereocenters. The molecule has 0 aliphatic rings. The Balaban J connectivity index is 2.51. The van der Waals surface area contributed by atoms with Gasteiger partial charge >= 0.3 is 0 Å². The number of para-hydroxylation sites is 1. The summed E-state index contributed by atoms with van der Waals surface area (Å²) in [5.74, 6) is 0.180. The molecule has 5 heteroatoms. The normalized spacial score (nSPS) is 13.9. The minimum Gasteiger partial charge on any atom is -0.479 e. The minimum atomic E-state index is -0.659. The summed E-state index contributed by atoms with van der Waals surface area (Å²) in [6.07, 6.45) is -1.24. The van der Waals surface area contributed by atoms with Crippen molar-refractivity contribution < 1.29 is 14.6 Å². The Morgan fingerprint density at radius 3 is 2.71 bits per heavy atom. The van der Waals surface area contributed by atoms with Gasteiger partial charge in [-0.3, -0.25) is 4.79 Å². The quantitative estimate of drug-likeness (QED) is 0.843. The number of aliphatic hydroxyl groups excluding tert-OH is 1. The molecular formula is C12H16ClNO3. The Bertz CT molecular complexity index is 382. The highest BCUT2D eigenvalue weighted by atomic mass is 35.5. The van der Waals surface area contributed by atoms with Crippen molar-refractivity contribution in [3.05, 3.63) is 29.3 Å². The minimum absolute atomic E-state index is 0.203. The second kappa shape index (κ2) is 6.47. The van der Waals surface area contributed by atoms with Gasteiger partial charge < -0.3 is 15.2 Å². The molecule has 0 spiro atoms. The van der Waals surface area contributed by atoms with Gasteiger partial charge in [-0.1, -0.05) is 23.7 Å². The van der Waals surface area contributed by atoms with Crippen molar-refractivity contribution in [3.63, 3.8) is 0 Å². The number of amides is 1. The lowest BCUT2D eigenvalue weighted by atomic mass is 10.3. The van der Waals surface area contributed by atoms with Gasteiger partial charge in [-0.2, -0.15) is 0 Å². The number of halogens is 1. The number of rotatable bonds is 5. The van der Waals surface area contributed by atoms with Crippen molar-refractivity contribution in [2.45, 2.75) is 26.1 Å². The lowest BCUT2D eigenvalue weighted by Gasteiger charge is -2.16. The monoisotopic (exact) mass is 257 g/mol. The topological polar surface area (TPSA) is 58.6 Å². The molecule has 1 rings (SSSR count). The molecule has 17 heavy (non-hydrogen) atoms. The van der Waals surface area contributed by atoms with E-state index in [1.165, 1.54) is 0 Å². The number of benzene rings is 1. The number of carbonyl (C=O) groups excluding carboxylic acids is 1. The van der Waals surface area contributed by atoms with Gasteiger partial charge in [0, 0.05) is 6.54 Å². The van der Waals surface area contributed by atoms with Gasteiger partial charge in [0.25, 0.3) is 5.91 Å². The molecule has 0 bridgehead atoms. The molecule has 1 aromatic carbocycles. The van der Waals surface area contributed by atoms with Crippen LogP contribution in [0.1, 0.15) is 13.8 Å². The van der Waals surface area contributed by atoms with Crippen LogP contribution in [-0.2, 0) is 4.79 Å². The molecule has 0 saturated heterocycles. The lowest BCUT2D eigenvalue weighted by Crippen LogP contribution is -2.39. The van der Waals surface area contributed by atoms with Gasteiger partial charge in [0.1, 0.15) is 5.75 Å². The zero-order chi connectivity index (χ0) is 12.8.